The predicted molar refractivity (Wildman–Crippen MR) is 122 cm³/mol. The van der Waals surface area contributed by atoms with Crippen molar-refractivity contribution in [1.29, 1.82) is 0 Å². The van der Waals surface area contributed by atoms with Gasteiger partial charge in [-0.3, -0.25) is 4.98 Å². The molecule has 0 N–H and O–H groups in total. The number of pyridine rings is 1. The van der Waals surface area contributed by atoms with Crippen molar-refractivity contribution in [3.8, 4) is 22.9 Å². The quantitative estimate of drug-likeness (QED) is 0.457. The predicted octanol–water partition coefficient (Wildman–Crippen LogP) is 5.05. The Morgan fingerprint density at radius 1 is 0.968 bits per heavy atom. The number of para-hydroxylation sites is 1. The molecule has 1 atom stereocenters. The molecule has 0 amide bonds. The molecule has 2 aromatic heterocycles. The summed E-state index contributed by atoms with van der Waals surface area (Å²) in [6.07, 6.45) is 5.68. The van der Waals surface area contributed by atoms with Gasteiger partial charge in [-0.25, -0.2) is 9.97 Å². The van der Waals surface area contributed by atoms with Crippen LogP contribution in [-0.2, 0) is 0 Å². The van der Waals surface area contributed by atoms with Gasteiger partial charge >= 0.3 is 0 Å². The van der Waals surface area contributed by atoms with Crippen molar-refractivity contribution in [2.45, 2.75) is 18.9 Å². The number of hydrogen-bond donors (Lipinski definition) is 0. The SMILES string of the molecule is COc1ccc(C2CCCN2c2nc(-c3cccnc3)nc3ccccc23)c(OC)c1. The lowest BCUT2D eigenvalue weighted by atomic mass is 10.0. The van der Waals surface area contributed by atoms with Gasteiger partial charge < -0.3 is 14.4 Å². The number of anilines is 1. The molecule has 1 aliphatic rings. The molecule has 1 fully saturated rings. The summed E-state index contributed by atoms with van der Waals surface area (Å²) < 4.78 is 11.1. The number of benzene rings is 2. The zero-order chi connectivity index (χ0) is 21.2. The van der Waals surface area contributed by atoms with Gasteiger partial charge in [0.1, 0.15) is 17.3 Å². The Balaban J connectivity index is 1.65. The minimum absolute atomic E-state index is 0.168. The highest BCUT2D eigenvalue weighted by Crippen LogP contribution is 2.42. The summed E-state index contributed by atoms with van der Waals surface area (Å²) in [4.78, 5) is 16.5. The second kappa shape index (κ2) is 8.22. The van der Waals surface area contributed by atoms with E-state index < -0.39 is 0 Å². The number of methoxy groups -OCH3 is 2. The van der Waals surface area contributed by atoms with Gasteiger partial charge in [0.05, 0.1) is 25.8 Å². The Labute approximate surface area is 181 Å². The largest absolute Gasteiger partial charge is 0.497 e. The molecule has 156 valence electrons. The molecular formula is C25H24N4O2. The summed E-state index contributed by atoms with van der Waals surface area (Å²) in [6.45, 7) is 0.924. The first-order valence-electron chi connectivity index (χ1n) is 10.4. The van der Waals surface area contributed by atoms with Gasteiger partial charge in [0.15, 0.2) is 5.82 Å². The van der Waals surface area contributed by atoms with E-state index in [1.54, 1.807) is 20.4 Å². The highest BCUT2D eigenvalue weighted by molar-refractivity contribution is 5.91. The van der Waals surface area contributed by atoms with Crippen molar-refractivity contribution in [2.75, 3.05) is 25.7 Å². The molecule has 0 spiro atoms. The van der Waals surface area contributed by atoms with E-state index in [4.69, 9.17) is 19.4 Å². The van der Waals surface area contributed by atoms with Gasteiger partial charge in [-0.05, 0) is 49.2 Å². The molecule has 3 heterocycles. The smallest absolute Gasteiger partial charge is 0.163 e. The third-order valence-electron chi connectivity index (χ3n) is 5.83. The van der Waals surface area contributed by atoms with Gasteiger partial charge in [0, 0.05) is 41.5 Å². The molecule has 0 aliphatic carbocycles. The van der Waals surface area contributed by atoms with Crippen LogP contribution in [0.15, 0.2) is 67.0 Å². The molecule has 1 saturated heterocycles. The van der Waals surface area contributed by atoms with Gasteiger partial charge in [-0.1, -0.05) is 12.1 Å². The van der Waals surface area contributed by atoms with Crippen molar-refractivity contribution in [3.05, 3.63) is 72.6 Å². The Morgan fingerprint density at radius 2 is 1.87 bits per heavy atom. The normalized spacial score (nSPS) is 15.9. The minimum atomic E-state index is 0.168. The van der Waals surface area contributed by atoms with E-state index in [1.165, 1.54) is 0 Å². The molecule has 0 saturated carbocycles. The summed E-state index contributed by atoms with van der Waals surface area (Å²) >= 11 is 0. The van der Waals surface area contributed by atoms with E-state index >= 15 is 0 Å². The Morgan fingerprint density at radius 3 is 2.68 bits per heavy atom. The van der Waals surface area contributed by atoms with Crippen LogP contribution in [0.5, 0.6) is 11.5 Å². The standard InChI is InChI=1S/C25H24N4O2/c1-30-18-11-12-20(23(15-18)31-2)22-10-6-14-29(22)25-19-8-3-4-9-21(19)27-24(28-25)17-7-5-13-26-16-17/h3-5,7-9,11-13,15-16,22H,6,10,14H2,1-2H3. The van der Waals surface area contributed by atoms with Crippen LogP contribution in [-0.4, -0.2) is 35.7 Å². The molecule has 2 aromatic carbocycles. The molecule has 6 nitrogen and oxygen atoms in total. The third-order valence-corrected chi connectivity index (χ3v) is 5.83. The fourth-order valence-corrected chi connectivity index (χ4v) is 4.34. The fourth-order valence-electron chi connectivity index (χ4n) is 4.34. The summed E-state index contributed by atoms with van der Waals surface area (Å²) in [5.74, 6) is 3.26. The van der Waals surface area contributed by atoms with Crippen LogP contribution >= 0.6 is 0 Å². The van der Waals surface area contributed by atoms with Crippen LogP contribution in [0.1, 0.15) is 24.4 Å². The number of nitrogens with zero attached hydrogens (tertiary/aromatic N) is 4. The zero-order valence-corrected chi connectivity index (χ0v) is 17.7. The number of hydrogen-bond acceptors (Lipinski definition) is 6. The molecule has 31 heavy (non-hydrogen) atoms. The molecule has 0 bridgehead atoms. The summed E-state index contributed by atoms with van der Waals surface area (Å²) in [6, 6.07) is 18.3. The average Bonchev–Trinajstić information content (AvgIpc) is 3.33. The average molecular weight is 412 g/mol. The monoisotopic (exact) mass is 412 g/mol. The third kappa shape index (κ3) is 3.54. The number of aromatic nitrogens is 3. The van der Waals surface area contributed by atoms with Crippen molar-refractivity contribution >= 4 is 16.7 Å². The minimum Gasteiger partial charge on any atom is -0.497 e. The lowest BCUT2D eigenvalue weighted by Crippen LogP contribution is -2.24. The lowest BCUT2D eigenvalue weighted by molar-refractivity contribution is 0.388. The van der Waals surface area contributed by atoms with Gasteiger partial charge in [0.2, 0.25) is 0 Å². The van der Waals surface area contributed by atoms with E-state index in [-0.39, 0.29) is 6.04 Å². The van der Waals surface area contributed by atoms with E-state index in [0.29, 0.717) is 5.82 Å². The summed E-state index contributed by atoms with van der Waals surface area (Å²) in [5, 5.41) is 1.05. The molecular weight excluding hydrogens is 388 g/mol. The second-order valence-corrected chi connectivity index (χ2v) is 7.59. The van der Waals surface area contributed by atoms with Crippen LogP contribution in [0.25, 0.3) is 22.3 Å². The Hall–Kier alpha value is -3.67. The van der Waals surface area contributed by atoms with Crippen molar-refractivity contribution < 1.29 is 9.47 Å². The first kappa shape index (κ1) is 19.3. The maximum absolute atomic E-state index is 5.72. The molecule has 4 aromatic rings. The molecule has 1 unspecified atom stereocenters. The first-order valence-corrected chi connectivity index (χ1v) is 10.4. The van der Waals surface area contributed by atoms with Gasteiger partial charge in [-0.2, -0.15) is 0 Å². The van der Waals surface area contributed by atoms with Crippen LogP contribution in [0.2, 0.25) is 0 Å². The maximum Gasteiger partial charge on any atom is 0.163 e. The van der Waals surface area contributed by atoms with E-state index in [0.717, 1.165) is 58.7 Å². The van der Waals surface area contributed by atoms with E-state index in [9.17, 15) is 0 Å². The molecule has 1 aliphatic heterocycles. The van der Waals surface area contributed by atoms with Crippen LogP contribution in [0.3, 0.4) is 0 Å². The highest BCUT2D eigenvalue weighted by Gasteiger charge is 2.31. The second-order valence-electron chi connectivity index (χ2n) is 7.59. The Bertz CT molecular complexity index is 1210. The van der Waals surface area contributed by atoms with Crippen LogP contribution in [0, 0.1) is 0 Å². The maximum atomic E-state index is 5.72. The van der Waals surface area contributed by atoms with Crippen LogP contribution in [0.4, 0.5) is 5.82 Å². The molecule has 6 heteroatoms. The molecule has 5 rings (SSSR count). The first-order chi connectivity index (χ1) is 15.3. The number of rotatable bonds is 5. The van der Waals surface area contributed by atoms with Crippen molar-refractivity contribution in [2.24, 2.45) is 0 Å². The van der Waals surface area contributed by atoms with Crippen molar-refractivity contribution in [1.82, 2.24) is 15.0 Å². The van der Waals surface area contributed by atoms with E-state index in [2.05, 4.69) is 22.0 Å². The fraction of sp³-hybridized carbons (Fsp3) is 0.240. The molecule has 0 radical (unpaired) electrons. The number of fused-ring (bicyclic) bond motifs is 1. The number of ether oxygens (including phenoxy) is 2. The summed E-state index contributed by atoms with van der Waals surface area (Å²) in [7, 11) is 3.38. The van der Waals surface area contributed by atoms with Gasteiger partial charge in [-0.15, -0.1) is 0 Å². The topological polar surface area (TPSA) is 60.4 Å². The van der Waals surface area contributed by atoms with Crippen molar-refractivity contribution in [3.63, 3.8) is 0 Å². The lowest BCUT2D eigenvalue weighted by Gasteiger charge is -2.28. The Kier molecular flexibility index (Phi) is 5.12. The van der Waals surface area contributed by atoms with Gasteiger partial charge in [0.25, 0.3) is 0 Å². The van der Waals surface area contributed by atoms with E-state index in [1.807, 2.05) is 48.7 Å². The zero-order valence-electron chi connectivity index (χ0n) is 17.7. The van der Waals surface area contributed by atoms with Crippen LogP contribution < -0.4 is 14.4 Å². The highest BCUT2D eigenvalue weighted by atomic mass is 16.5. The summed E-state index contributed by atoms with van der Waals surface area (Å²) in [5.41, 5.74) is 2.98.